The van der Waals surface area contributed by atoms with Gasteiger partial charge in [-0.05, 0) is 18.9 Å². The van der Waals surface area contributed by atoms with E-state index in [9.17, 15) is 8.42 Å². The predicted octanol–water partition coefficient (Wildman–Crippen LogP) is 2.69. The minimum atomic E-state index is -3.37. The summed E-state index contributed by atoms with van der Waals surface area (Å²) in [6.45, 7) is 3.27. The van der Waals surface area contributed by atoms with Crippen molar-refractivity contribution in [1.29, 1.82) is 0 Å². The Morgan fingerprint density at radius 1 is 1.45 bits per heavy atom. The minimum Gasteiger partial charge on any atom is -0.346 e. The van der Waals surface area contributed by atoms with Crippen molar-refractivity contribution in [3.8, 4) is 0 Å². The van der Waals surface area contributed by atoms with Crippen molar-refractivity contribution in [2.45, 2.75) is 41.8 Å². The quantitative estimate of drug-likeness (QED) is 0.795. The lowest BCUT2D eigenvalue weighted by atomic mass is 10.4. The minimum absolute atomic E-state index is 0.358. The lowest BCUT2D eigenvalue weighted by Crippen LogP contribution is -2.40. The second-order valence-electron chi connectivity index (χ2n) is 5.48. The van der Waals surface area contributed by atoms with Gasteiger partial charge in [0.05, 0.1) is 5.88 Å². The highest BCUT2D eigenvalue weighted by molar-refractivity contribution is 8.00. The molecule has 1 unspecified atom stereocenters. The van der Waals surface area contributed by atoms with Gasteiger partial charge < -0.3 is 4.57 Å². The van der Waals surface area contributed by atoms with Gasteiger partial charge in [-0.25, -0.2) is 8.42 Å². The van der Waals surface area contributed by atoms with Gasteiger partial charge in [-0.3, -0.25) is 0 Å². The Morgan fingerprint density at radius 2 is 2.20 bits per heavy atom. The fourth-order valence-corrected chi connectivity index (χ4v) is 5.61. The molecule has 3 rings (SSSR count). The number of alkyl halides is 1. The molecule has 2 heterocycles. The third-order valence-electron chi connectivity index (χ3n) is 3.83. The molecule has 0 bridgehead atoms. The van der Waals surface area contributed by atoms with E-state index in [4.69, 9.17) is 11.6 Å². The molecule has 2 fully saturated rings. The lowest BCUT2D eigenvalue weighted by molar-refractivity contribution is 0.424. The Bertz CT molecular complexity index is 596. The highest BCUT2D eigenvalue weighted by Gasteiger charge is 2.32. The first kappa shape index (κ1) is 14.8. The lowest BCUT2D eigenvalue weighted by Gasteiger charge is -2.29. The third kappa shape index (κ3) is 2.75. The molecule has 112 valence electrons. The van der Waals surface area contributed by atoms with Crippen LogP contribution in [0.2, 0.25) is 0 Å². The topological polar surface area (TPSA) is 42.3 Å². The Hall–Kier alpha value is -0.170. The first-order valence-electron chi connectivity index (χ1n) is 6.91. The Kier molecular flexibility index (Phi) is 4.10. The normalized spacial score (nSPS) is 25.0. The predicted molar refractivity (Wildman–Crippen MR) is 82.9 cm³/mol. The first-order chi connectivity index (χ1) is 9.52. The summed E-state index contributed by atoms with van der Waals surface area (Å²) in [5.74, 6) is 1.23. The number of halogens is 1. The molecule has 0 spiro atoms. The fourth-order valence-electron chi connectivity index (χ4n) is 2.59. The maximum atomic E-state index is 12.7. The van der Waals surface area contributed by atoms with Crippen LogP contribution in [0.3, 0.4) is 0 Å². The summed E-state index contributed by atoms with van der Waals surface area (Å²) >= 11 is 7.77. The van der Waals surface area contributed by atoms with Crippen LogP contribution in [0.25, 0.3) is 0 Å². The van der Waals surface area contributed by atoms with E-state index in [0.29, 0.717) is 35.2 Å². The molecule has 7 heteroatoms. The highest BCUT2D eigenvalue weighted by atomic mass is 35.5. The van der Waals surface area contributed by atoms with Crippen LogP contribution in [0.5, 0.6) is 0 Å². The fraction of sp³-hybridized carbons (Fsp3) is 0.692. The summed E-state index contributed by atoms with van der Waals surface area (Å²) in [6.07, 6.45) is 4.02. The SMILES string of the molecule is CC1CN(S(=O)(=O)c2cc(CCl)n(C3CC3)c2)CCS1. The van der Waals surface area contributed by atoms with Gasteiger partial charge in [0.1, 0.15) is 4.90 Å². The van der Waals surface area contributed by atoms with Crippen molar-refractivity contribution in [2.24, 2.45) is 0 Å². The Balaban J connectivity index is 1.90. The van der Waals surface area contributed by atoms with E-state index in [2.05, 4.69) is 6.92 Å². The van der Waals surface area contributed by atoms with Gasteiger partial charge in [-0.1, -0.05) is 6.92 Å². The van der Waals surface area contributed by atoms with Gasteiger partial charge >= 0.3 is 0 Å². The molecule has 1 aromatic heterocycles. The van der Waals surface area contributed by atoms with E-state index < -0.39 is 10.0 Å². The number of hydrogen-bond acceptors (Lipinski definition) is 3. The Morgan fingerprint density at radius 3 is 2.80 bits per heavy atom. The molecule has 1 saturated heterocycles. The van der Waals surface area contributed by atoms with Crippen LogP contribution in [0.4, 0.5) is 0 Å². The van der Waals surface area contributed by atoms with Crippen LogP contribution >= 0.6 is 23.4 Å². The molecule has 1 aliphatic heterocycles. The van der Waals surface area contributed by atoms with E-state index >= 15 is 0 Å². The van der Waals surface area contributed by atoms with Crippen LogP contribution in [-0.2, 0) is 15.9 Å². The smallest absolute Gasteiger partial charge is 0.244 e. The number of sulfonamides is 1. The van der Waals surface area contributed by atoms with Gasteiger partial charge in [0, 0.05) is 42.0 Å². The Labute approximate surface area is 129 Å². The zero-order valence-electron chi connectivity index (χ0n) is 11.5. The van der Waals surface area contributed by atoms with Crippen LogP contribution in [0.15, 0.2) is 17.2 Å². The molecular formula is C13H19ClN2O2S2. The molecule has 0 N–H and O–H groups in total. The summed E-state index contributed by atoms with van der Waals surface area (Å²) in [4.78, 5) is 0.402. The average molecular weight is 335 g/mol. The van der Waals surface area contributed by atoms with Crippen molar-refractivity contribution in [2.75, 3.05) is 18.8 Å². The second kappa shape index (κ2) is 5.55. The van der Waals surface area contributed by atoms with E-state index in [1.165, 1.54) is 0 Å². The van der Waals surface area contributed by atoms with Crippen molar-refractivity contribution in [3.05, 3.63) is 18.0 Å². The van der Waals surface area contributed by atoms with Gasteiger partial charge in [-0.2, -0.15) is 16.1 Å². The standard InChI is InChI=1S/C13H19ClN2O2S2/c1-10-8-15(4-5-19-10)20(17,18)13-6-12(7-14)16(9-13)11-2-3-11/h6,9-11H,2-5,7-8H2,1H3. The molecule has 1 atom stereocenters. The first-order valence-corrected chi connectivity index (χ1v) is 9.93. The molecular weight excluding hydrogens is 316 g/mol. The molecule has 0 aromatic carbocycles. The van der Waals surface area contributed by atoms with Crippen molar-refractivity contribution in [1.82, 2.24) is 8.87 Å². The zero-order chi connectivity index (χ0) is 14.3. The molecule has 20 heavy (non-hydrogen) atoms. The summed E-state index contributed by atoms with van der Waals surface area (Å²) in [5.41, 5.74) is 0.909. The van der Waals surface area contributed by atoms with Crippen molar-refractivity contribution in [3.63, 3.8) is 0 Å². The summed E-state index contributed by atoms with van der Waals surface area (Å²) in [6, 6.07) is 2.19. The third-order valence-corrected chi connectivity index (χ3v) is 7.07. The van der Waals surface area contributed by atoms with Crippen LogP contribution in [-0.4, -0.2) is 41.4 Å². The van der Waals surface area contributed by atoms with E-state index in [-0.39, 0.29) is 0 Å². The summed E-state index contributed by atoms with van der Waals surface area (Å²) in [5, 5.41) is 0.358. The van der Waals surface area contributed by atoms with Gasteiger partial charge in [0.2, 0.25) is 10.0 Å². The monoisotopic (exact) mass is 334 g/mol. The molecule has 0 radical (unpaired) electrons. The maximum Gasteiger partial charge on any atom is 0.244 e. The van der Waals surface area contributed by atoms with Gasteiger partial charge in [0.15, 0.2) is 0 Å². The highest BCUT2D eigenvalue weighted by Crippen LogP contribution is 2.38. The number of nitrogens with zero attached hydrogens (tertiary/aromatic N) is 2. The van der Waals surface area contributed by atoms with Crippen LogP contribution in [0, 0.1) is 0 Å². The summed E-state index contributed by atoms with van der Waals surface area (Å²) in [7, 11) is -3.37. The number of thioether (sulfide) groups is 1. The number of aromatic nitrogens is 1. The van der Waals surface area contributed by atoms with Crippen molar-refractivity contribution < 1.29 is 8.42 Å². The molecule has 1 aromatic rings. The molecule has 1 saturated carbocycles. The average Bonchev–Trinajstić information content (AvgIpc) is 3.17. The number of hydrogen-bond donors (Lipinski definition) is 0. The summed E-state index contributed by atoms with van der Waals surface area (Å²) < 4.78 is 29.1. The largest absolute Gasteiger partial charge is 0.346 e. The van der Waals surface area contributed by atoms with E-state index in [1.807, 2.05) is 16.3 Å². The van der Waals surface area contributed by atoms with Crippen LogP contribution in [0.1, 0.15) is 31.5 Å². The van der Waals surface area contributed by atoms with E-state index in [0.717, 1.165) is 24.3 Å². The zero-order valence-corrected chi connectivity index (χ0v) is 13.8. The van der Waals surface area contributed by atoms with Gasteiger partial charge in [-0.15, -0.1) is 11.6 Å². The molecule has 1 aliphatic carbocycles. The maximum absolute atomic E-state index is 12.7. The van der Waals surface area contributed by atoms with Gasteiger partial charge in [0.25, 0.3) is 0 Å². The van der Waals surface area contributed by atoms with Crippen molar-refractivity contribution >= 4 is 33.4 Å². The second-order valence-corrected chi connectivity index (χ2v) is 9.24. The molecule has 2 aliphatic rings. The molecule has 4 nitrogen and oxygen atoms in total. The molecule has 0 amide bonds. The number of rotatable bonds is 4. The van der Waals surface area contributed by atoms with E-state index in [1.54, 1.807) is 16.6 Å². The van der Waals surface area contributed by atoms with Crippen LogP contribution < -0.4 is 0 Å².